The maximum atomic E-state index is 8.70. The number of hydrogen-bond donors (Lipinski definition) is 0. The lowest BCUT2D eigenvalue weighted by molar-refractivity contribution is 0.133. The SMILES string of the molecule is N#CCCC1CCCCN1Cc1ccccc1. The molecule has 0 N–H and O–H groups in total. The monoisotopic (exact) mass is 228 g/mol. The minimum absolute atomic E-state index is 0.614. The number of likely N-dealkylation sites (tertiary alicyclic amines) is 1. The summed E-state index contributed by atoms with van der Waals surface area (Å²) in [5.41, 5.74) is 1.39. The standard InChI is InChI=1S/C15H20N2/c16-11-6-10-15-9-4-5-12-17(15)13-14-7-2-1-3-8-14/h1-3,7-8,15H,4-6,9-10,12-13H2. The molecule has 0 bridgehead atoms. The Morgan fingerprint density at radius 2 is 2.06 bits per heavy atom. The van der Waals surface area contributed by atoms with Crippen molar-refractivity contribution in [3.05, 3.63) is 35.9 Å². The number of rotatable bonds is 4. The van der Waals surface area contributed by atoms with Crippen LogP contribution in [0.25, 0.3) is 0 Å². The second-order valence-corrected chi connectivity index (χ2v) is 4.80. The molecule has 0 aromatic heterocycles. The Morgan fingerprint density at radius 1 is 1.24 bits per heavy atom. The van der Waals surface area contributed by atoms with Crippen LogP contribution in [0.1, 0.15) is 37.7 Å². The summed E-state index contributed by atoms with van der Waals surface area (Å²) < 4.78 is 0. The Labute approximate surface area is 104 Å². The van der Waals surface area contributed by atoms with E-state index >= 15 is 0 Å². The zero-order valence-electron chi connectivity index (χ0n) is 10.3. The lowest BCUT2D eigenvalue weighted by atomic mass is 9.97. The molecule has 1 saturated heterocycles. The van der Waals surface area contributed by atoms with Crippen molar-refractivity contribution >= 4 is 0 Å². The minimum atomic E-state index is 0.614. The predicted molar refractivity (Wildman–Crippen MR) is 69.3 cm³/mol. The zero-order chi connectivity index (χ0) is 11.9. The topological polar surface area (TPSA) is 27.0 Å². The maximum absolute atomic E-state index is 8.70. The van der Waals surface area contributed by atoms with Gasteiger partial charge in [0.2, 0.25) is 0 Å². The first-order chi connectivity index (χ1) is 8.40. The molecular formula is C15H20N2. The van der Waals surface area contributed by atoms with Crippen molar-refractivity contribution < 1.29 is 0 Å². The molecule has 2 nitrogen and oxygen atoms in total. The van der Waals surface area contributed by atoms with Gasteiger partial charge in [-0.15, -0.1) is 0 Å². The van der Waals surface area contributed by atoms with Crippen molar-refractivity contribution in [2.75, 3.05) is 6.54 Å². The van der Waals surface area contributed by atoms with Crippen molar-refractivity contribution in [2.45, 2.75) is 44.7 Å². The highest BCUT2D eigenvalue weighted by atomic mass is 15.2. The number of nitrogens with zero attached hydrogens (tertiary/aromatic N) is 2. The summed E-state index contributed by atoms with van der Waals surface area (Å²) in [4.78, 5) is 2.55. The molecule has 1 aliphatic rings. The molecule has 1 atom stereocenters. The molecule has 0 aliphatic carbocycles. The van der Waals surface area contributed by atoms with Crippen LogP contribution in [0.3, 0.4) is 0 Å². The molecule has 1 aromatic carbocycles. The highest BCUT2D eigenvalue weighted by molar-refractivity contribution is 5.14. The molecule has 1 heterocycles. The fourth-order valence-corrected chi connectivity index (χ4v) is 2.64. The van der Waals surface area contributed by atoms with Crippen LogP contribution in [-0.2, 0) is 6.54 Å². The highest BCUT2D eigenvalue weighted by Gasteiger charge is 2.21. The van der Waals surface area contributed by atoms with Crippen molar-refractivity contribution in [1.82, 2.24) is 4.90 Å². The summed E-state index contributed by atoms with van der Waals surface area (Å²) in [5, 5.41) is 8.70. The van der Waals surface area contributed by atoms with Crippen LogP contribution < -0.4 is 0 Å². The fourth-order valence-electron chi connectivity index (χ4n) is 2.64. The van der Waals surface area contributed by atoms with Gasteiger partial charge in [-0.25, -0.2) is 0 Å². The first-order valence-corrected chi connectivity index (χ1v) is 6.55. The Hall–Kier alpha value is -1.33. The third-order valence-corrected chi connectivity index (χ3v) is 3.57. The van der Waals surface area contributed by atoms with Gasteiger partial charge in [-0.2, -0.15) is 5.26 Å². The van der Waals surface area contributed by atoms with Crippen LogP contribution in [0.5, 0.6) is 0 Å². The highest BCUT2D eigenvalue weighted by Crippen LogP contribution is 2.22. The maximum Gasteiger partial charge on any atom is 0.0622 e. The molecule has 2 heteroatoms. The fraction of sp³-hybridized carbons (Fsp3) is 0.533. The van der Waals surface area contributed by atoms with Crippen molar-refractivity contribution in [1.29, 1.82) is 5.26 Å². The summed E-state index contributed by atoms with van der Waals surface area (Å²) in [6.07, 6.45) is 5.60. The van der Waals surface area contributed by atoms with E-state index in [0.29, 0.717) is 12.5 Å². The molecule has 0 saturated carbocycles. The number of nitriles is 1. The van der Waals surface area contributed by atoms with E-state index in [0.717, 1.165) is 13.0 Å². The lowest BCUT2D eigenvalue weighted by Gasteiger charge is -2.35. The number of benzene rings is 1. The van der Waals surface area contributed by atoms with E-state index in [1.165, 1.54) is 31.4 Å². The largest absolute Gasteiger partial charge is 0.296 e. The van der Waals surface area contributed by atoms with Gasteiger partial charge in [0.15, 0.2) is 0 Å². The third-order valence-electron chi connectivity index (χ3n) is 3.57. The summed E-state index contributed by atoms with van der Waals surface area (Å²) in [6, 6.07) is 13.5. The second-order valence-electron chi connectivity index (χ2n) is 4.80. The van der Waals surface area contributed by atoms with E-state index in [2.05, 4.69) is 41.3 Å². The number of piperidine rings is 1. The van der Waals surface area contributed by atoms with Crippen LogP contribution >= 0.6 is 0 Å². The Morgan fingerprint density at radius 3 is 2.82 bits per heavy atom. The molecule has 1 unspecified atom stereocenters. The van der Waals surface area contributed by atoms with Gasteiger partial charge >= 0.3 is 0 Å². The smallest absolute Gasteiger partial charge is 0.0622 e. The van der Waals surface area contributed by atoms with Gasteiger partial charge in [-0.3, -0.25) is 4.90 Å². The summed E-state index contributed by atoms with van der Waals surface area (Å²) in [7, 11) is 0. The average Bonchev–Trinajstić information content (AvgIpc) is 2.39. The van der Waals surface area contributed by atoms with Crippen molar-refractivity contribution in [2.24, 2.45) is 0 Å². The van der Waals surface area contributed by atoms with Gasteiger partial charge in [-0.05, 0) is 31.4 Å². The van der Waals surface area contributed by atoms with Crippen LogP contribution in [0, 0.1) is 11.3 Å². The van der Waals surface area contributed by atoms with Crippen LogP contribution in [0.4, 0.5) is 0 Å². The van der Waals surface area contributed by atoms with E-state index in [1.54, 1.807) is 0 Å². The van der Waals surface area contributed by atoms with Gasteiger partial charge in [0, 0.05) is 19.0 Å². The number of hydrogen-bond acceptors (Lipinski definition) is 2. The van der Waals surface area contributed by atoms with Gasteiger partial charge in [-0.1, -0.05) is 36.8 Å². The quantitative estimate of drug-likeness (QED) is 0.790. The first kappa shape index (κ1) is 12.1. The van der Waals surface area contributed by atoms with Gasteiger partial charge in [0.1, 0.15) is 0 Å². The summed E-state index contributed by atoms with van der Waals surface area (Å²) >= 11 is 0. The molecule has 0 radical (unpaired) electrons. The van der Waals surface area contributed by atoms with Crippen LogP contribution in [0.15, 0.2) is 30.3 Å². The molecular weight excluding hydrogens is 208 g/mol. The van der Waals surface area contributed by atoms with Crippen LogP contribution in [0.2, 0.25) is 0 Å². The van der Waals surface area contributed by atoms with E-state index in [-0.39, 0.29) is 0 Å². The van der Waals surface area contributed by atoms with Crippen LogP contribution in [-0.4, -0.2) is 17.5 Å². The zero-order valence-corrected chi connectivity index (χ0v) is 10.3. The molecule has 1 aliphatic heterocycles. The van der Waals surface area contributed by atoms with E-state index in [1.807, 2.05) is 0 Å². The normalized spacial score (nSPS) is 21.0. The van der Waals surface area contributed by atoms with Crippen molar-refractivity contribution in [3.63, 3.8) is 0 Å². The average molecular weight is 228 g/mol. The molecule has 17 heavy (non-hydrogen) atoms. The molecule has 2 rings (SSSR count). The Balaban J connectivity index is 1.94. The van der Waals surface area contributed by atoms with E-state index < -0.39 is 0 Å². The Kier molecular flexibility index (Phi) is 4.58. The van der Waals surface area contributed by atoms with E-state index in [9.17, 15) is 0 Å². The first-order valence-electron chi connectivity index (χ1n) is 6.55. The minimum Gasteiger partial charge on any atom is -0.296 e. The molecule has 1 aromatic rings. The second kappa shape index (κ2) is 6.42. The van der Waals surface area contributed by atoms with Gasteiger partial charge < -0.3 is 0 Å². The van der Waals surface area contributed by atoms with Gasteiger partial charge in [0.25, 0.3) is 0 Å². The summed E-state index contributed by atoms with van der Waals surface area (Å²) in [5.74, 6) is 0. The molecule has 1 fully saturated rings. The summed E-state index contributed by atoms with van der Waals surface area (Å²) in [6.45, 7) is 2.22. The van der Waals surface area contributed by atoms with Gasteiger partial charge in [0.05, 0.1) is 6.07 Å². The molecule has 0 spiro atoms. The third kappa shape index (κ3) is 3.57. The predicted octanol–water partition coefficient (Wildman–Crippen LogP) is 3.34. The molecule has 90 valence electrons. The Bertz CT molecular complexity index is 366. The lowest BCUT2D eigenvalue weighted by Crippen LogP contribution is -2.38. The van der Waals surface area contributed by atoms with E-state index in [4.69, 9.17) is 5.26 Å². The molecule has 0 amide bonds. The van der Waals surface area contributed by atoms with Crippen molar-refractivity contribution in [3.8, 4) is 6.07 Å².